The standard InChI is InChI=1S/C17H26N2/c1-13-3-4-15(14(2)11-13)12-18-16-7-9-19(10-8-16)17-5-6-17/h3-4,11,16-18H,5-10,12H2,1-2H3. The molecule has 1 saturated heterocycles. The first-order valence-electron chi connectivity index (χ1n) is 7.76. The molecule has 1 heterocycles. The molecule has 1 aromatic carbocycles. The highest BCUT2D eigenvalue weighted by atomic mass is 15.2. The van der Waals surface area contributed by atoms with Gasteiger partial charge in [-0.05, 0) is 63.7 Å². The van der Waals surface area contributed by atoms with Crippen molar-refractivity contribution in [1.29, 1.82) is 0 Å². The summed E-state index contributed by atoms with van der Waals surface area (Å²) < 4.78 is 0. The van der Waals surface area contributed by atoms with E-state index in [-0.39, 0.29) is 0 Å². The van der Waals surface area contributed by atoms with Crippen molar-refractivity contribution in [3.8, 4) is 0 Å². The molecule has 0 amide bonds. The Balaban J connectivity index is 1.47. The summed E-state index contributed by atoms with van der Waals surface area (Å²) in [6.07, 6.45) is 5.53. The third-order valence-electron chi connectivity index (χ3n) is 4.67. The van der Waals surface area contributed by atoms with Crippen molar-refractivity contribution >= 4 is 0 Å². The number of rotatable bonds is 4. The highest BCUT2D eigenvalue weighted by Crippen LogP contribution is 2.29. The highest BCUT2D eigenvalue weighted by Gasteiger charge is 2.31. The Hall–Kier alpha value is -0.860. The molecule has 0 atom stereocenters. The van der Waals surface area contributed by atoms with Crippen molar-refractivity contribution in [2.75, 3.05) is 13.1 Å². The summed E-state index contributed by atoms with van der Waals surface area (Å²) in [6, 6.07) is 8.44. The first kappa shape index (κ1) is 13.1. The average Bonchev–Trinajstić information content (AvgIpc) is 3.23. The van der Waals surface area contributed by atoms with Gasteiger partial charge in [0.2, 0.25) is 0 Å². The van der Waals surface area contributed by atoms with Gasteiger partial charge in [0.25, 0.3) is 0 Å². The van der Waals surface area contributed by atoms with Crippen molar-refractivity contribution in [3.05, 3.63) is 34.9 Å². The largest absolute Gasteiger partial charge is 0.310 e. The number of benzene rings is 1. The van der Waals surface area contributed by atoms with E-state index in [1.54, 1.807) is 0 Å². The maximum Gasteiger partial charge on any atom is 0.0210 e. The molecule has 0 bridgehead atoms. The molecule has 2 nitrogen and oxygen atoms in total. The second-order valence-electron chi connectivity index (χ2n) is 6.35. The van der Waals surface area contributed by atoms with Gasteiger partial charge in [0.15, 0.2) is 0 Å². The van der Waals surface area contributed by atoms with Gasteiger partial charge in [0.1, 0.15) is 0 Å². The Morgan fingerprint density at radius 2 is 1.84 bits per heavy atom. The number of hydrogen-bond acceptors (Lipinski definition) is 2. The molecule has 2 fully saturated rings. The predicted octanol–water partition coefficient (Wildman–Crippen LogP) is 3.02. The number of aryl methyl sites for hydroxylation is 2. The Kier molecular flexibility index (Phi) is 3.90. The lowest BCUT2D eigenvalue weighted by Gasteiger charge is -2.32. The molecule has 1 aromatic rings. The molecule has 1 aliphatic heterocycles. The van der Waals surface area contributed by atoms with E-state index in [1.165, 1.54) is 55.5 Å². The van der Waals surface area contributed by atoms with Gasteiger partial charge < -0.3 is 10.2 Å². The van der Waals surface area contributed by atoms with Crippen molar-refractivity contribution in [1.82, 2.24) is 10.2 Å². The quantitative estimate of drug-likeness (QED) is 0.893. The SMILES string of the molecule is Cc1ccc(CNC2CCN(C3CC3)CC2)c(C)c1. The fourth-order valence-corrected chi connectivity index (χ4v) is 3.21. The van der Waals surface area contributed by atoms with Crippen LogP contribution in [0.1, 0.15) is 42.4 Å². The molecule has 1 aliphatic carbocycles. The van der Waals surface area contributed by atoms with Crippen LogP contribution < -0.4 is 5.32 Å². The zero-order valence-electron chi connectivity index (χ0n) is 12.3. The summed E-state index contributed by atoms with van der Waals surface area (Å²) in [5, 5.41) is 3.75. The normalized spacial score (nSPS) is 21.8. The van der Waals surface area contributed by atoms with Crippen molar-refractivity contribution in [2.24, 2.45) is 0 Å². The third-order valence-corrected chi connectivity index (χ3v) is 4.67. The maximum atomic E-state index is 3.75. The Bertz CT molecular complexity index is 429. The molecule has 1 saturated carbocycles. The summed E-state index contributed by atoms with van der Waals surface area (Å²) in [5.74, 6) is 0. The monoisotopic (exact) mass is 258 g/mol. The van der Waals surface area contributed by atoms with Crippen molar-refractivity contribution in [2.45, 2.75) is 58.2 Å². The Labute approximate surface area is 117 Å². The minimum atomic E-state index is 0.718. The topological polar surface area (TPSA) is 15.3 Å². The minimum Gasteiger partial charge on any atom is -0.310 e. The van der Waals surface area contributed by atoms with E-state index < -0.39 is 0 Å². The Morgan fingerprint density at radius 1 is 1.11 bits per heavy atom. The molecule has 19 heavy (non-hydrogen) atoms. The molecule has 3 rings (SSSR count). The van der Waals surface area contributed by atoms with E-state index in [2.05, 4.69) is 42.3 Å². The van der Waals surface area contributed by atoms with E-state index in [0.29, 0.717) is 0 Å². The number of likely N-dealkylation sites (tertiary alicyclic amines) is 1. The fraction of sp³-hybridized carbons (Fsp3) is 0.647. The highest BCUT2D eigenvalue weighted by molar-refractivity contribution is 5.30. The van der Waals surface area contributed by atoms with Crippen LogP contribution in [0.4, 0.5) is 0 Å². The van der Waals surface area contributed by atoms with Gasteiger partial charge in [-0.3, -0.25) is 0 Å². The second-order valence-corrected chi connectivity index (χ2v) is 6.35. The number of hydrogen-bond donors (Lipinski definition) is 1. The van der Waals surface area contributed by atoms with Crippen LogP contribution in [-0.2, 0) is 6.54 Å². The van der Waals surface area contributed by atoms with Crippen LogP contribution in [0, 0.1) is 13.8 Å². The van der Waals surface area contributed by atoms with Crippen LogP contribution in [0.2, 0.25) is 0 Å². The van der Waals surface area contributed by atoms with Crippen LogP contribution in [-0.4, -0.2) is 30.1 Å². The summed E-state index contributed by atoms with van der Waals surface area (Å²) in [7, 11) is 0. The van der Waals surface area contributed by atoms with Crippen LogP contribution in [0.5, 0.6) is 0 Å². The zero-order chi connectivity index (χ0) is 13.2. The van der Waals surface area contributed by atoms with Crippen LogP contribution in [0.3, 0.4) is 0 Å². The van der Waals surface area contributed by atoms with Gasteiger partial charge >= 0.3 is 0 Å². The molecular weight excluding hydrogens is 232 g/mol. The third kappa shape index (κ3) is 3.37. The van der Waals surface area contributed by atoms with Gasteiger partial charge in [0, 0.05) is 18.6 Å². The van der Waals surface area contributed by atoms with Gasteiger partial charge in [-0.25, -0.2) is 0 Å². The zero-order valence-corrected chi connectivity index (χ0v) is 12.3. The van der Waals surface area contributed by atoms with Gasteiger partial charge in [-0.15, -0.1) is 0 Å². The first-order valence-corrected chi connectivity index (χ1v) is 7.76. The number of nitrogens with one attached hydrogen (secondary N) is 1. The molecule has 0 aromatic heterocycles. The van der Waals surface area contributed by atoms with Crippen LogP contribution >= 0.6 is 0 Å². The lowest BCUT2D eigenvalue weighted by molar-refractivity contribution is 0.189. The molecule has 0 unspecified atom stereocenters. The maximum absolute atomic E-state index is 3.75. The molecule has 2 aliphatic rings. The van der Waals surface area contributed by atoms with E-state index in [1.807, 2.05) is 0 Å². The molecule has 2 heteroatoms. The molecule has 0 spiro atoms. The summed E-state index contributed by atoms with van der Waals surface area (Å²) >= 11 is 0. The minimum absolute atomic E-state index is 0.718. The lowest BCUT2D eigenvalue weighted by atomic mass is 10.0. The van der Waals surface area contributed by atoms with Gasteiger partial charge in [0.05, 0.1) is 0 Å². The lowest BCUT2D eigenvalue weighted by Crippen LogP contribution is -2.43. The summed E-state index contributed by atoms with van der Waals surface area (Å²) in [4.78, 5) is 2.69. The van der Waals surface area contributed by atoms with Gasteiger partial charge in [-0.2, -0.15) is 0 Å². The summed E-state index contributed by atoms with van der Waals surface area (Å²) in [5.41, 5.74) is 4.23. The Morgan fingerprint density at radius 3 is 2.47 bits per heavy atom. The fourth-order valence-electron chi connectivity index (χ4n) is 3.21. The van der Waals surface area contributed by atoms with Gasteiger partial charge in [-0.1, -0.05) is 23.8 Å². The summed E-state index contributed by atoms with van der Waals surface area (Å²) in [6.45, 7) is 8.02. The molecule has 0 radical (unpaired) electrons. The smallest absolute Gasteiger partial charge is 0.0210 e. The first-order chi connectivity index (χ1) is 9.22. The van der Waals surface area contributed by atoms with E-state index in [4.69, 9.17) is 0 Å². The molecule has 104 valence electrons. The number of piperidine rings is 1. The van der Waals surface area contributed by atoms with Crippen LogP contribution in [0.25, 0.3) is 0 Å². The second kappa shape index (κ2) is 5.64. The van der Waals surface area contributed by atoms with Crippen molar-refractivity contribution in [3.63, 3.8) is 0 Å². The van der Waals surface area contributed by atoms with E-state index in [0.717, 1.165) is 18.6 Å². The van der Waals surface area contributed by atoms with E-state index >= 15 is 0 Å². The number of nitrogens with zero attached hydrogens (tertiary/aromatic N) is 1. The van der Waals surface area contributed by atoms with Crippen molar-refractivity contribution < 1.29 is 0 Å². The van der Waals surface area contributed by atoms with Crippen LogP contribution in [0.15, 0.2) is 18.2 Å². The average molecular weight is 258 g/mol. The molecular formula is C17H26N2. The van der Waals surface area contributed by atoms with E-state index in [9.17, 15) is 0 Å². The predicted molar refractivity (Wildman–Crippen MR) is 80.4 cm³/mol. The molecule has 1 N–H and O–H groups in total.